The minimum atomic E-state index is -1.08. The second-order valence-corrected chi connectivity index (χ2v) is 8.43. The number of aliphatic hydroxyl groups excluding tert-OH is 1. The Balaban J connectivity index is 0.000000383. The molecule has 24 heavy (non-hydrogen) atoms. The lowest BCUT2D eigenvalue weighted by molar-refractivity contribution is -0.302. The van der Waals surface area contributed by atoms with E-state index >= 15 is 0 Å². The molecule has 0 heterocycles. The van der Waals surface area contributed by atoms with Crippen molar-refractivity contribution < 1.29 is 19.8 Å². The lowest BCUT2D eigenvalue weighted by Gasteiger charge is -2.53. The molecule has 0 amide bonds. The topological polar surface area (TPSA) is 77.4 Å². The molecule has 0 unspecified atom stereocenters. The van der Waals surface area contributed by atoms with Crippen molar-refractivity contribution in [3.8, 4) is 0 Å². The number of carboxylic acids is 1. The van der Waals surface area contributed by atoms with E-state index in [0.29, 0.717) is 11.7 Å². The van der Waals surface area contributed by atoms with Crippen LogP contribution in [0, 0.1) is 29.1 Å². The smallest absolute Gasteiger partial charge is 0.155 e. The number of fused-ring (bicyclic) bond motifs is 5. The van der Waals surface area contributed by atoms with E-state index in [1.165, 1.54) is 31.3 Å². The summed E-state index contributed by atoms with van der Waals surface area (Å²) in [6, 6.07) is 0. The van der Waals surface area contributed by atoms with E-state index in [2.05, 4.69) is 6.92 Å². The lowest BCUT2D eigenvalue weighted by Crippen LogP contribution is -2.47. The highest BCUT2D eigenvalue weighted by atomic mass is 16.4. The first-order valence-corrected chi connectivity index (χ1v) is 9.42. The van der Waals surface area contributed by atoms with E-state index in [4.69, 9.17) is 9.90 Å². The van der Waals surface area contributed by atoms with Crippen LogP contribution in [0.25, 0.3) is 0 Å². The number of ketones is 1. The third kappa shape index (κ3) is 3.05. The minimum Gasteiger partial charge on any atom is -0.550 e. The van der Waals surface area contributed by atoms with E-state index in [1.807, 2.05) is 6.08 Å². The molecule has 0 radical (unpaired) electrons. The molecule has 4 rings (SSSR count). The molecule has 3 fully saturated rings. The fourth-order valence-electron chi connectivity index (χ4n) is 6.15. The molecule has 0 aromatic carbocycles. The zero-order chi connectivity index (χ0) is 17.5. The van der Waals surface area contributed by atoms with Crippen LogP contribution in [0.15, 0.2) is 11.6 Å². The Labute approximate surface area is 144 Å². The summed E-state index contributed by atoms with van der Waals surface area (Å²) in [6.07, 6.45) is 10.9. The lowest BCUT2D eigenvalue weighted by atomic mass is 9.52. The number of carbonyl (C=O) groups excluding carboxylic acids is 2. The Morgan fingerprint density at radius 2 is 1.88 bits per heavy atom. The number of carbonyl (C=O) groups is 2. The van der Waals surface area contributed by atoms with Gasteiger partial charge in [-0.1, -0.05) is 12.5 Å². The van der Waals surface area contributed by atoms with Gasteiger partial charge in [0.25, 0.3) is 0 Å². The maximum Gasteiger partial charge on any atom is 0.155 e. The average molecular weight is 333 g/mol. The monoisotopic (exact) mass is 333 g/mol. The molecule has 3 saturated carbocycles. The quantitative estimate of drug-likeness (QED) is 0.737. The Morgan fingerprint density at radius 1 is 1.17 bits per heavy atom. The zero-order valence-corrected chi connectivity index (χ0v) is 14.8. The second-order valence-electron chi connectivity index (χ2n) is 8.43. The van der Waals surface area contributed by atoms with Crippen molar-refractivity contribution in [1.29, 1.82) is 0 Å². The van der Waals surface area contributed by atoms with Gasteiger partial charge in [-0.25, -0.2) is 0 Å². The summed E-state index contributed by atoms with van der Waals surface area (Å²) in [5.74, 6) is 2.29. The number of allylic oxidation sites excluding steroid dienone is 1. The first kappa shape index (κ1) is 17.7. The minimum absolute atomic E-state index is 0.0710. The van der Waals surface area contributed by atoms with Crippen LogP contribution in [0.2, 0.25) is 0 Å². The first-order valence-electron chi connectivity index (χ1n) is 9.42. The van der Waals surface area contributed by atoms with Gasteiger partial charge in [0.1, 0.15) is 0 Å². The molecule has 0 bridgehead atoms. The van der Waals surface area contributed by atoms with Gasteiger partial charge >= 0.3 is 0 Å². The van der Waals surface area contributed by atoms with Crippen LogP contribution < -0.4 is 5.11 Å². The molecular weight excluding hydrogens is 304 g/mol. The molecule has 4 aliphatic carbocycles. The maximum atomic E-state index is 11.6. The van der Waals surface area contributed by atoms with E-state index < -0.39 is 5.97 Å². The van der Waals surface area contributed by atoms with Crippen molar-refractivity contribution in [3.63, 3.8) is 0 Å². The predicted octanol–water partition coefficient (Wildman–Crippen LogP) is 2.25. The third-order valence-electron chi connectivity index (χ3n) is 7.25. The van der Waals surface area contributed by atoms with Crippen LogP contribution in [0.4, 0.5) is 0 Å². The highest BCUT2D eigenvalue weighted by Gasteiger charge is 2.55. The van der Waals surface area contributed by atoms with Gasteiger partial charge in [-0.3, -0.25) is 4.79 Å². The van der Waals surface area contributed by atoms with Gasteiger partial charge in [0.2, 0.25) is 0 Å². The summed E-state index contributed by atoms with van der Waals surface area (Å²) in [6.45, 7) is 3.31. The second kappa shape index (κ2) is 6.62. The molecule has 6 atom stereocenters. The Kier molecular flexibility index (Phi) is 4.87. The molecular formula is C20H29O4-. The molecule has 0 aromatic rings. The predicted molar refractivity (Wildman–Crippen MR) is 88.8 cm³/mol. The fourth-order valence-corrected chi connectivity index (χ4v) is 6.15. The molecule has 4 heteroatoms. The van der Waals surface area contributed by atoms with Gasteiger partial charge in [-0.05, 0) is 87.0 Å². The summed E-state index contributed by atoms with van der Waals surface area (Å²) >= 11 is 0. The van der Waals surface area contributed by atoms with Gasteiger partial charge in [0, 0.05) is 12.4 Å². The molecule has 0 aromatic heterocycles. The SMILES string of the molecule is CC(=O)[O-].C[C@]12CC[C@H]3[C@@H](CCC4=CC(=O)CC[C@@H]43)[C@@H]1CC[C@@H]2O. The summed E-state index contributed by atoms with van der Waals surface area (Å²) < 4.78 is 0. The van der Waals surface area contributed by atoms with Crippen molar-refractivity contribution in [1.82, 2.24) is 0 Å². The first-order chi connectivity index (χ1) is 11.3. The van der Waals surface area contributed by atoms with Crippen LogP contribution in [-0.2, 0) is 9.59 Å². The molecule has 0 spiro atoms. The average Bonchev–Trinajstić information content (AvgIpc) is 2.82. The Hall–Kier alpha value is -1.16. The standard InChI is InChI=1S/C18H26O2.C2H4O2/c1-18-9-8-14-13-5-3-12(19)10-11(13)2-4-15(14)16(18)6-7-17(18)20;1-2(3)4/h10,13-17,20H,2-9H2,1H3;1H3,(H,3,4)/p-1/t13-,14+,15+,16-,17-,18-;/m0./s1. The molecule has 4 nitrogen and oxygen atoms in total. The summed E-state index contributed by atoms with van der Waals surface area (Å²) in [7, 11) is 0. The molecule has 0 saturated heterocycles. The van der Waals surface area contributed by atoms with Gasteiger partial charge in [0.15, 0.2) is 5.78 Å². The van der Waals surface area contributed by atoms with Crippen molar-refractivity contribution in [3.05, 3.63) is 11.6 Å². The van der Waals surface area contributed by atoms with E-state index in [-0.39, 0.29) is 11.5 Å². The van der Waals surface area contributed by atoms with Crippen molar-refractivity contribution in [2.45, 2.75) is 71.3 Å². The molecule has 4 aliphatic rings. The van der Waals surface area contributed by atoms with Gasteiger partial charge in [0.05, 0.1) is 6.10 Å². The van der Waals surface area contributed by atoms with Gasteiger partial charge in [-0.15, -0.1) is 0 Å². The van der Waals surface area contributed by atoms with E-state index in [0.717, 1.165) is 50.4 Å². The summed E-state index contributed by atoms with van der Waals surface area (Å²) in [5.41, 5.74) is 1.65. The van der Waals surface area contributed by atoms with Crippen LogP contribution in [0.5, 0.6) is 0 Å². The van der Waals surface area contributed by atoms with Crippen molar-refractivity contribution in [2.24, 2.45) is 29.1 Å². The van der Waals surface area contributed by atoms with Gasteiger partial charge < -0.3 is 15.0 Å². The van der Waals surface area contributed by atoms with Crippen LogP contribution in [0.1, 0.15) is 65.2 Å². The normalized spacial score (nSPS) is 43.5. The van der Waals surface area contributed by atoms with Crippen molar-refractivity contribution >= 4 is 11.8 Å². The Bertz CT molecular complexity index is 548. The number of aliphatic carboxylic acids is 1. The van der Waals surface area contributed by atoms with Gasteiger partial charge in [-0.2, -0.15) is 0 Å². The van der Waals surface area contributed by atoms with Crippen LogP contribution in [-0.4, -0.2) is 23.0 Å². The largest absolute Gasteiger partial charge is 0.550 e. The number of rotatable bonds is 0. The van der Waals surface area contributed by atoms with Crippen LogP contribution in [0.3, 0.4) is 0 Å². The highest BCUT2D eigenvalue weighted by Crippen LogP contribution is 2.61. The highest BCUT2D eigenvalue weighted by molar-refractivity contribution is 5.91. The third-order valence-corrected chi connectivity index (χ3v) is 7.25. The number of carboxylic acid groups (broad SMARTS) is 1. The fraction of sp³-hybridized carbons (Fsp3) is 0.800. The van der Waals surface area contributed by atoms with E-state index in [1.54, 1.807) is 0 Å². The molecule has 1 N–H and O–H groups in total. The Morgan fingerprint density at radius 3 is 2.58 bits per heavy atom. The van der Waals surface area contributed by atoms with E-state index in [9.17, 15) is 9.90 Å². The van der Waals surface area contributed by atoms with Crippen LogP contribution >= 0.6 is 0 Å². The zero-order valence-electron chi connectivity index (χ0n) is 14.8. The summed E-state index contributed by atoms with van der Waals surface area (Å²) in [4.78, 5) is 20.5. The number of hydrogen-bond donors (Lipinski definition) is 1. The molecule has 134 valence electrons. The van der Waals surface area contributed by atoms with Crippen molar-refractivity contribution in [2.75, 3.05) is 0 Å². The number of hydrogen-bond acceptors (Lipinski definition) is 4. The summed E-state index contributed by atoms with van der Waals surface area (Å²) in [5, 5.41) is 19.3. The maximum absolute atomic E-state index is 11.6. The molecule has 0 aliphatic heterocycles. The number of aliphatic hydroxyl groups is 1.